The number of aromatic nitrogens is 7. The summed E-state index contributed by atoms with van der Waals surface area (Å²) in [5.41, 5.74) is 2.07. The van der Waals surface area contributed by atoms with Gasteiger partial charge in [0.1, 0.15) is 23.4 Å². The molecule has 2 N–H and O–H groups in total. The Morgan fingerprint density at radius 3 is 2.57 bits per heavy atom. The molecule has 1 aromatic carbocycles. The molecule has 3 heterocycles. The normalized spacial score (nSPS) is 22.9. The smallest absolute Gasteiger partial charge is 0.201 e. The third-order valence-electron chi connectivity index (χ3n) is 7.80. The lowest BCUT2D eigenvalue weighted by Crippen LogP contribution is -2.38. The van der Waals surface area contributed by atoms with Crippen LogP contribution < -0.4 is 0 Å². The Bertz CT molecular complexity index is 1450. The highest BCUT2D eigenvalue weighted by molar-refractivity contribution is 5.64. The molecular weight excluding hydrogens is 452 g/mol. The molecule has 2 bridgehead atoms. The van der Waals surface area contributed by atoms with Crippen molar-refractivity contribution in [2.45, 2.75) is 51.0 Å². The molecule has 0 amide bonds. The van der Waals surface area contributed by atoms with E-state index in [-0.39, 0.29) is 22.6 Å². The van der Waals surface area contributed by atoms with Crippen LogP contribution >= 0.6 is 0 Å². The summed E-state index contributed by atoms with van der Waals surface area (Å²) in [6.45, 7) is 5.94. The summed E-state index contributed by atoms with van der Waals surface area (Å²) in [6, 6.07) is 5.55. The third kappa shape index (κ3) is 2.92. The largest absolute Gasteiger partial charge is 0.385 e. The number of rotatable bonds is 4. The van der Waals surface area contributed by atoms with Crippen molar-refractivity contribution in [3.05, 3.63) is 71.1 Å². The summed E-state index contributed by atoms with van der Waals surface area (Å²) < 4.78 is 28.9. The maximum atomic E-state index is 14.5. The van der Waals surface area contributed by atoms with Gasteiger partial charge in [0, 0.05) is 6.20 Å². The Morgan fingerprint density at radius 2 is 1.86 bits per heavy atom. The van der Waals surface area contributed by atoms with Crippen LogP contribution in [-0.2, 0) is 5.41 Å². The highest BCUT2D eigenvalue weighted by atomic mass is 19.1. The molecule has 0 aliphatic heterocycles. The Balaban J connectivity index is 1.49. The summed E-state index contributed by atoms with van der Waals surface area (Å²) in [6.07, 6.45) is 4.21. The lowest BCUT2D eigenvalue weighted by atomic mass is 9.66. The second-order valence-corrected chi connectivity index (χ2v) is 9.86. The van der Waals surface area contributed by atoms with Crippen molar-refractivity contribution in [1.29, 1.82) is 0 Å². The molecular formula is C25H23F2N7O. The van der Waals surface area contributed by atoms with Crippen molar-refractivity contribution < 1.29 is 13.9 Å². The van der Waals surface area contributed by atoms with Crippen LogP contribution in [-0.4, -0.2) is 40.5 Å². The highest BCUT2D eigenvalue weighted by Gasteiger charge is 2.65. The fourth-order valence-corrected chi connectivity index (χ4v) is 6.01. The third-order valence-corrected chi connectivity index (χ3v) is 7.80. The number of H-pyrrole nitrogens is 1. The van der Waals surface area contributed by atoms with Gasteiger partial charge in [-0.25, -0.2) is 18.7 Å². The first kappa shape index (κ1) is 21.8. The van der Waals surface area contributed by atoms with Crippen LogP contribution in [0.4, 0.5) is 8.78 Å². The predicted molar refractivity (Wildman–Crippen MR) is 122 cm³/mol. The van der Waals surface area contributed by atoms with E-state index in [0.29, 0.717) is 17.3 Å². The summed E-state index contributed by atoms with van der Waals surface area (Å²) in [7, 11) is 0. The summed E-state index contributed by atoms with van der Waals surface area (Å²) in [5, 5.41) is 25.5. The number of fused-ring (bicyclic) bond motifs is 5. The average Bonchev–Trinajstić information content (AvgIpc) is 3.48. The van der Waals surface area contributed by atoms with Crippen LogP contribution in [0.1, 0.15) is 68.4 Å². The zero-order chi connectivity index (χ0) is 24.5. The van der Waals surface area contributed by atoms with Crippen LogP contribution in [0, 0.1) is 17.0 Å². The van der Waals surface area contributed by atoms with Gasteiger partial charge in [0.05, 0.1) is 34.3 Å². The SMILES string of the molecule is C[C@H](O)c1nc(-c2cncc([C@@]34CC[C@@H](c5cc(-c6c(F)cccc6F)nnc53)C4(C)C)n2)n[nH]1. The number of nitrogens with zero attached hydrogens (tertiary/aromatic N) is 6. The Morgan fingerprint density at radius 1 is 1.09 bits per heavy atom. The number of hydrogen-bond donors (Lipinski definition) is 2. The molecule has 178 valence electrons. The molecule has 8 nitrogen and oxygen atoms in total. The Labute approximate surface area is 199 Å². The van der Waals surface area contributed by atoms with Gasteiger partial charge in [-0.15, -0.1) is 5.10 Å². The molecule has 35 heavy (non-hydrogen) atoms. The molecule has 6 rings (SSSR count). The number of benzene rings is 1. The molecule has 0 radical (unpaired) electrons. The van der Waals surface area contributed by atoms with Gasteiger partial charge in [-0.1, -0.05) is 19.9 Å². The van der Waals surface area contributed by atoms with E-state index in [0.717, 1.165) is 29.8 Å². The quantitative estimate of drug-likeness (QED) is 0.454. The van der Waals surface area contributed by atoms with E-state index in [4.69, 9.17) is 4.98 Å². The van der Waals surface area contributed by atoms with E-state index in [1.807, 2.05) is 0 Å². The monoisotopic (exact) mass is 475 g/mol. The van der Waals surface area contributed by atoms with Gasteiger partial charge in [-0.2, -0.15) is 10.2 Å². The van der Waals surface area contributed by atoms with E-state index in [1.165, 1.54) is 18.2 Å². The molecule has 1 fully saturated rings. The van der Waals surface area contributed by atoms with E-state index >= 15 is 0 Å². The number of aromatic amines is 1. The molecule has 1 saturated carbocycles. The first-order valence-electron chi connectivity index (χ1n) is 11.5. The summed E-state index contributed by atoms with van der Waals surface area (Å²) in [4.78, 5) is 13.7. The van der Waals surface area contributed by atoms with Crippen molar-refractivity contribution in [3.8, 4) is 22.8 Å². The molecule has 0 saturated heterocycles. The molecule has 3 atom stereocenters. The molecule has 3 aromatic heterocycles. The predicted octanol–water partition coefficient (Wildman–Crippen LogP) is 4.25. The minimum atomic E-state index is -0.786. The van der Waals surface area contributed by atoms with Crippen LogP contribution in [0.2, 0.25) is 0 Å². The van der Waals surface area contributed by atoms with E-state index in [2.05, 4.69) is 44.2 Å². The van der Waals surface area contributed by atoms with Crippen LogP contribution in [0.5, 0.6) is 0 Å². The van der Waals surface area contributed by atoms with Crippen molar-refractivity contribution in [2.24, 2.45) is 5.41 Å². The fourth-order valence-electron chi connectivity index (χ4n) is 6.01. The standard InChI is InChI=1S/C25H23F2N7O/c1-12(35)22-30-23(34-33-22)18-10-28-11-19(29-18)25-8-7-14(24(25,2)3)13-9-17(31-32-21(13)25)20-15(26)5-4-6-16(20)27/h4-6,9-12,14,35H,7-8H2,1-3H3,(H,30,33,34)/t12-,14-,25-/m0/s1. The van der Waals surface area contributed by atoms with Gasteiger partial charge in [0.15, 0.2) is 5.82 Å². The molecule has 2 aliphatic rings. The minimum absolute atomic E-state index is 0.123. The van der Waals surface area contributed by atoms with E-state index in [9.17, 15) is 13.9 Å². The van der Waals surface area contributed by atoms with E-state index < -0.39 is 23.2 Å². The van der Waals surface area contributed by atoms with Gasteiger partial charge >= 0.3 is 0 Å². The van der Waals surface area contributed by atoms with Crippen molar-refractivity contribution in [1.82, 2.24) is 35.3 Å². The zero-order valence-electron chi connectivity index (χ0n) is 19.4. The summed E-state index contributed by atoms with van der Waals surface area (Å²) in [5.74, 6) is -0.529. The topological polar surface area (TPSA) is 113 Å². The number of nitrogens with one attached hydrogen (secondary N) is 1. The molecule has 0 unspecified atom stereocenters. The van der Waals surface area contributed by atoms with Crippen LogP contribution in [0.15, 0.2) is 36.7 Å². The zero-order valence-corrected chi connectivity index (χ0v) is 19.4. The van der Waals surface area contributed by atoms with Gasteiger partial charge < -0.3 is 5.11 Å². The van der Waals surface area contributed by atoms with E-state index in [1.54, 1.807) is 25.4 Å². The van der Waals surface area contributed by atoms with Gasteiger partial charge in [-0.05, 0) is 54.9 Å². The van der Waals surface area contributed by atoms with Gasteiger partial charge in [0.25, 0.3) is 0 Å². The molecule has 0 spiro atoms. The summed E-state index contributed by atoms with van der Waals surface area (Å²) >= 11 is 0. The van der Waals surface area contributed by atoms with Crippen LogP contribution in [0.3, 0.4) is 0 Å². The second-order valence-electron chi connectivity index (χ2n) is 9.86. The van der Waals surface area contributed by atoms with Crippen molar-refractivity contribution in [3.63, 3.8) is 0 Å². The lowest BCUT2D eigenvalue weighted by molar-refractivity contribution is 0.189. The van der Waals surface area contributed by atoms with Crippen molar-refractivity contribution in [2.75, 3.05) is 0 Å². The highest BCUT2D eigenvalue weighted by Crippen LogP contribution is 2.69. The first-order valence-corrected chi connectivity index (χ1v) is 11.5. The number of halogens is 2. The second kappa shape index (κ2) is 7.42. The number of aliphatic hydroxyl groups excluding tert-OH is 1. The number of hydrogen-bond acceptors (Lipinski definition) is 7. The molecule has 4 aromatic rings. The maximum absolute atomic E-state index is 14.5. The fraction of sp³-hybridized carbons (Fsp3) is 0.360. The Kier molecular flexibility index (Phi) is 4.63. The Hall–Kier alpha value is -3.66. The van der Waals surface area contributed by atoms with Gasteiger partial charge in [0.2, 0.25) is 5.82 Å². The number of aliphatic hydroxyl groups is 1. The van der Waals surface area contributed by atoms with Gasteiger partial charge in [-0.3, -0.25) is 10.1 Å². The first-order chi connectivity index (χ1) is 16.7. The van der Waals surface area contributed by atoms with Crippen molar-refractivity contribution >= 4 is 0 Å². The van der Waals surface area contributed by atoms with Crippen LogP contribution in [0.25, 0.3) is 22.8 Å². The lowest BCUT2D eigenvalue weighted by Gasteiger charge is -2.37. The molecule has 2 aliphatic carbocycles. The maximum Gasteiger partial charge on any atom is 0.201 e. The average molecular weight is 476 g/mol. The minimum Gasteiger partial charge on any atom is -0.385 e. The molecule has 10 heteroatoms.